The number of hydrogen-bond donors (Lipinski definition) is 2. The minimum absolute atomic E-state index is 0.0925. The van der Waals surface area contributed by atoms with Crippen molar-refractivity contribution in [1.29, 1.82) is 0 Å². The van der Waals surface area contributed by atoms with Crippen molar-refractivity contribution < 1.29 is 26.3 Å². The van der Waals surface area contributed by atoms with E-state index in [4.69, 9.17) is 11.5 Å². The van der Waals surface area contributed by atoms with Crippen LogP contribution in [-0.4, -0.2) is 0 Å². The highest BCUT2D eigenvalue weighted by Crippen LogP contribution is 2.46. The molecule has 2 aromatic rings. The van der Waals surface area contributed by atoms with Gasteiger partial charge in [-0.2, -0.15) is 26.3 Å². The van der Waals surface area contributed by atoms with Crippen LogP contribution in [0.25, 0.3) is 11.1 Å². The van der Waals surface area contributed by atoms with E-state index in [1.165, 1.54) is 18.2 Å². The summed E-state index contributed by atoms with van der Waals surface area (Å²) in [5.74, 6) is 0. The molecule has 2 nitrogen and oxygen atoms in total. The molecule has 0 radical (unpaired) electrons. The highest BCUT2D eigenvalue weighted by atomic mass is 19.4. The number of halogens is 6. The molecule has 0 aliphatic carbocycles. The van der Waals surface area contributed by atoms with Gasteiger partial charge < -0.3 is 11.5 Å². The molecule has 0 aliphatic rings. The Hall–Kier alpha value is -2.38. The number of hydrogen-bond acceptors (Lipinski definition) is 2. The molecule has 2 rings (SSSR count). The predicted molar refractivity (Wildman–Crippen MR) is 70.7 cm³/mol. The summed E-state index contributed by atoms with van der Waals surface area (Å²) in [5.41, 5.74) is 6.18. The summed E-state index contributed by atoms with van der Waals surface area (Å²) in [5, 5.41) is 0. The average molecular weight is 320 g/mol. The zero-order valence-electron chi connectivity index (χ0n) is 10.9. The quantitative estimate of drug-likeness (QED) is 0.598. The molecule has 8 heteroatoms. The maximum absolute atomic E-state index is 13.2. The first-order valence-electron chi connectivity index (χ1n) is 5.94. The van der Waals surface area contributed by atoms with Gasteiger partial charge in [-0.1, -0.05) is 12.1 Å². The fourth-order valence-electron chi connectivity index (χ4n) is 2.13. The Morgan fingerprint density at radius 1 is 0.727 bits per heavy atom. The second-order valence-corrected chi connectivity index (χ2v) is 4.61. The molecule has 0 aromatic heterocycles. The van der Waals surface area contributed by atoms with Crippen molar-refractivity contribution in [2.45, 2.75) is 12.4 Å². The summed E-state index contributed by atoms with van der Waals surface area (Å²) in [6, 6.07) is 6.28. The maximum atomic E-state index is 13.2. The molecule has 0 saturated carbocycles. The van der Waals surface area contributed by atoms with Crippen LogP contribution in [0.1, 0.15) is 11.1 Å². The fraction of sp³-hybridized carbons (Fsp3) is 0.143. The molecule has 0 saturated heterocycles. The van der Waals surface area contributed by atoms with E-state index in [0.29, 0.717) is 0 Å². The van der Waals surface area contributed by atoms with Crippen LogP contribution in [0, 0.1) is 0 Å². The van der Waals surface area contributed by atoms with Crippen LogP contribution in [-0.2, 0) is 12.4 Å². The summed E-state index contributed by atoms with van der Waals surface area (Å²) >= 11 is 0. The predicted octanol–water partition coefficient (Wildman–Crippen LogP) is 4.56. The number of anilines is 2. The van der Waals surface area contributed by atoms with Crippen molar-refractivity contribution in [3.8, 4) is 11.1 Å². The third-order valence-corrected chi connectivity index (χ3v) is 2.95. The van der Waals surface area contributed by atoms with Crippen molar-refractivity contribution in [2.75, 3.05) is 11.5 Å². The van der Waals surface area contributed by atoms with Crippen molar-refractivity contribution in [3.63, 3.8) is 0 Å². The van der Waals surface area contributed by atoms with Crippen LogP contribution >= 0.6 is 0 Å². The number of benzene rings is 2. The van der Waals surface area contributed by atoms with Gasteiger partial charge >= 0.3 is 12.4 Å². The number of nitrogens with two attached hydrogens (primary N) is 2. The van der Waals surface area contributed by atoms with Gasteiger partial charge in [-0.25, -0.2) is 0 Å². The summed E-state index contributed by atoms with van der Waals surface area (Å²) < 4.78 is 78.4. The first kappa shape index (κ1) is 16.0. The summed E-state index contributed by atoms with van der Waals surface area (Å²) in [7, 11) is 0. The van der Waals surface area contributed by atoms with Gasteiger partial charge in [0.1, 0.15) is 0 Å². The monoisotopic (exact) mass is 320 g/mol. The van der Waals surface area contributed by atoms with Crippen LogP contribution < -0.4 is 11.5 Å². The molecular formula is C14H10F6N2. The zero-order valence-corrected chi connectivity index (χ0v) is 10.9. The molecule has 4 N–H and O–H groups in total. The molecule has 0 bridgehead atoms. The lowest BCUT2D eigenvalue weighted by Crippen LogP contribution is -2.18. The van der Waals surface area contributed by atoms with E-state index in [1.807, 2.05) is 0 Å². The summed E-state index contributed by atoms with van der Waals surface area (Å²) in [6.45, 7) is 0. The third-order valence-electron chi connectivity index (χ3n) is 2.95. The lowest BCUT2D eigenvalue weighted by molar-refractivity contribution is -0.161. The zero-order chi connectivity index (χ0) is 16.7. The van der Waals surface area contributed by atoms with Gasteiger partial charge in [0.15, 0.2) is 0 Å². The van der Waals surface area contributed by atoms with E-state index in [1.54, 1.807) is 0 Å². The first-order valence-corrected chi connectivity index (χ1v) is 5.94. The normalized spacial score (nSPS) is 12.5. The smallest absolute Gasteiger partial charge is 0.399 e. The molecule has 0 atom stereocenters. The Kier molecular flexibility index (Phi) is 3.72. The van der Waals surface area contributed by atoms with Crippen LogP contribution in [0.3, 0.4) is 0 Å². The van der Waals surface area contributed by atoms with Crippen molar-refractivity contribution in [1.82, 2.24) is 0 Å². The Morgan fingerprint density at radius 3 is 1.86 bits per heavy atom. The Balaban J connectivity index is 2.87. The summed E-state index contributed by atoms with van der Waals surface area (Å²) in [4.78, 5) is 0. The lowest BCUT2D eigenvalue weighted by atomic mass is 9.93. The van der Waals surface area contributed by atoms with Crippen molar-refractivity contribution in [2.24, 2.45) is 0 Å². The minimum atomic E-state index is -5.20. The lowest BCUT2D eigenvalue weighted by Gasteiger charge is -2.20. The number of rotatable bonds is 1. The second kappa shape index (κ2) is 5.11. The van der Waals surface area contributed by atoms with Gasteiger partial charge in [0.2, 0.25) is 0 Å². The number of nitrogen functional groups attached to an aromatic ring is 2. The van der Waals surface area contributed by atoms with E-state index in [-0.39, 0.29) is 17.3 Å². The van der Waals surface area contributed by atoms with Gasteiger partial charge in [-0.3, -0.25) is 0 Å². The van der Waals surface area contributed by atoms with Gasteiger partial charge in [-0.15, -0.1) is 0 Å². The summed E-state index contributed by atoms with van der Waals surface area (Å²) in [6.07, 6.45) is -10.4. The van der Waals surface area contributed by atoms with Gasteiger partial charge in [0.05, 0.1) is 11.1 Å². The van der Waals surface area contributed by atoms with Gasteiger partial charge in [-0.05, 0) is 35.4 Å². The van der Waals surface area contributed by atoms with Crippen LogP contribution in [0.15, 0.2) is 36.4 Å². The van der Waals surface area contributed by atoms with E-state index in [0.717, 1.165) is 12.1 Å². The molecule has 0 aliphatic heterocycles. The van der Waals surface area contributed by atoms with E-state index in [9.17, 15) is 26.3 Å². The van der Waals surface area contributed by atoms with Crippen molar-refractivity contribution >= 4 is 11.4 Å². The molecule has 0 heterocycles. The largest absolute Gasteiger partial charge is 0.417 e. The fourth-order valence-corrected chi connectivity index (χ4v) is 2.13. The second-order valence-electron chi connectivity index (χ2n) is 4.61. The topological polar surface area (TPSA) is 52.0 Å². The SMILES string of the molecule is Nc1cccc(-c2cc(N)cc(C(F)(F)F)c2C(F)(F)F)c1. The maximum Gasteiger partial charge on any atom is 0.417 e. The molecular weight excluding hydrogens is 310 g/mol. The van der Waals surface area contributed by atoms with E-state index >= 15 is 0 Å². The van der Waals surface area contributed by atoms with Crippen LogP contribution in [0.5, 0.6) is 0 Å². The van der Waals surface area contributed by atoms with Gasteiger partial charge in [0.25, 0.3) is 0 Å². The molecule has 118 valence electrons. The molecule has 0 amide bonds. The minimum Gasteiger partial charge on any atom is -0.399 e. The van der Waals surface area contributed by atoms with Gasteiger partial charge in [0, 0.05) is 11.4 Å². The molecule has 0 unspecified atom stereocenters. The van der Waals surface area contributed by atoms with Crippen molar-refractivity contribution in [3.05, 3.63) is 47.5 Å². The standard InChI is InChI=1S/C14H10F6N2/c15-13(16,17)11-6-9(22)5-10(12(11)14(18,19)20)7-2-1-3-8(21)4-7/h1-6H,21-22H2. The Bertz CT molecular complexity index is 703. The average Bonchev–Trinajstić information content (AvgIpc) is 2.35. The van der Waals surface area contributed by atoms with E-state index < -0.39 is 34.7 Å². The molecule has 0 spiro atoms. The first-order chi connectivity index (χ1) is 10.00. The highest BCUT2D eigenvalue weighted by molar-refractivity contribution is 5.75. The van der Waals surface area contributed by atoms with Crippen LogP contribution in [0.2, 0.25) is 0 Å². The Labute approximate surface area is 121 Å². The third kappa shape index (κ3) is 3.10. The Morgan fingerprint density at radius 2 is 1.36 bits per heavy atom. The highest BCUT2D eigenvalue weighted by Gasteiger charge is 2.45. The molecule has 0 fully saturated rings. The molecule has 2 aromatic carbocycles. The van der Waals surface area contributed by atoms with E-state index in [2.05, 4.69) is 0 Å². The van der Waals surface area contributed by atoms with Crippen LogP contribution in [0.4, 0.5) is 37.7 Å². The molecule has 22 heavy (non-hydrogen) atoms. The number of alkyl halides is 6.